The summed E-state index contributed by atoms with van der Waals surface area (Å²) < 4.78 is 13.2. The molecule has 1 saturated heterocycles. The Hall–Kier alpha value is -3.97. The molecule has 3 aromatic carbocycles. The first-order valence-electron chi connectivity index (χ1n) is 10.8. The fourth-order valence-corrected chi connectivity index (χ4v) is 3.83. The van der Waals surface area contributed by atoms with Crippen LogP contribution in [0.5, 0.6) is 23.0 Å². The highest BCUT2D eigenvalue weighted by molar-refractivity contribution is 6.04. The summed E-state index contributed by atoms with van der Waals surface area (Å²) in [6, 6.07) is 17.6. The zero-order chi connectivity index (χ0) is 22.8. The zero-order valence-corrected chi connectivity index (χ0v) is 17.9. The first kappa shape index (κ1) is 20.9. The minimum absolute atomic E-state index is 0.0213. The number of nitrogens with zero attached hydrogens (tertiary/aromatic N) is 1. The molecule has 0 atom stereocenters. The first-order chi connectivity index (χ1) is 16.1. The van der Waals surface area contributed by atoms with Crippen LogP contribution in [0.4, 0.5) is 0 Å². The van der Waals surface area contributed by atoms with Gasteiger partial charge in [0.15, 0.2) is 0 Å². The van der Waals surface area contributed by atoms with Crippen LogP contribution in [0.1, 0.15) is 15.9 Å². The quantitative estimate of drug-likeness (QED) is 0.400. The molecule has 33 heavy (non-hydrogen) atoms. The number of phenols is 2. The number of aromatic nitrogens is 1. The van der Waals surface area contributed by atoms with Gasteiger partial charge in [0.05, 0.1) is 6.61 Å². The lowest BCUT2D eigenvalue weighted by molar-refractivity contribution is 0.0953. The van der Waals surface area contributed by atoms with Gasteiger partial charge in [0.2, 0.25) is 0 Å². The Morgan fingerprint density at radius 2 is 1.79 bits per heavy atom. The van der Waals surface area contributed by atoms with Gasteiger partial charge >= 0.3 is 0 Å². The largest absolute Gasteiger partial charge is 0.508 e. The number of fused-ring (bicyclic) bond motifs is 1. The predicted molar refractivity (Wildman–Crippen MR) is 124 cm³/mol. The fraction of sp³-hybridized carbons (Fsp3) is 0.192. The smallest absolute Gasteiger partial charge is 0.269 e. The first-order valence-corrected chi connectivity index (χ1v) is 10.8. The number of ether oxygens (including phenoxy) is 2. The van der Waals surface area contributed by atoms with E-state index < -0.39 is 5.91 Å². The number of aromatic hydroxyl groups is 2. The molecule has 4 aromatic rings. The van der Waals surface area contributed by atoms with E-state index in [1.54, 1.807) is 12.4 Å². The normalized spacial score (nSPS) is 13.6. The lowest BCUT2D eigenvalue weighted by atomic mass is 10.1. The average Bonchev–Trinajstić information content (AvgIpc) is 3.22. The zero-order valence-electron chi connectivity index (χ0n) is 17.9. The molecule has 0 aliphatic carbocycles. The molecule has 168 valence electrons. The molecule has 0 bridgehead atoms. The number of phenolic OH excluding ortho intramolecular Hbond substituents is 2. The van der Waals surface area contributed by atoms with Crippen LogP contribution < -0.4 is 14.8 Å². The average molecular weight is 444 g/mol. The van der Waals surface area contributed by atoms with Crippen molar-refractivity contribution in [2.45, 2.75) is 6.61 Å². The van der Waals surface area contributed by atoms with Gasteiger partial charge in [-0.3, -0.25) is 9.36 Å². The van der Waals surface area contributed by atoms with Crippen LogP contribution in [-0.2, 0) is 6.61 Å². The number of nitrogens with one attached hydrogen (secondary N) is 1. The molecular formula is C26H24N2O5. The molecule has 0 spiro atoms. The van der Waals surface area contributed by atoms with Crippen LogP contribution in [0.2, 0.25) is 0 Å². The summed E-state index contributed by atoms with van der Waals surface area (Å²) in [7, 11) is 0. The highest BCUT2D eigenvalue weighted by atomic mass is 16.5. The van der Waals surface area contributed by atoms with Crippen LogP contribution in [0, 0.1) is 5.92 Å². The van der Waals surface area contributed by atoms with Gasteiger partial charge in [-0.15, -0.1) is 0 Å². The Morgan fingerprint density at radius 1 is 0.970 bits per heavy atom. The van der Waals surface area contributed by atoms with Gasteiger partial charge < -0.3 is 25.0 Å². The number of rotatable bonds is 7. The van der Waals surface area contributed by atoms with Gasteiger partial charge in [-0.25, -0.2) is 0 Å². The third-order valence-electron chi connectivity index (χ3n) is 5.74. The highest BCUT2D eigenvalue weighted by Crippen LogP contribution is 2.35. The van der Waals surface area contributed by atoms with E-state index in [9.17, 15) is 15.0 Å². The number of carbonyl (C=O) groups excluding carboxylic acids is 1. The molecule has 0 saturated carbocycles. The number of benzene rings is 3. The van der Waals surface area contributed by atoms with Gasteiger partial charge in [0, 0.05) is 54.3 Å². The Morgan fingerprint density at radius 3 is 2.55 bits per heavy atom. The van der Waals surface area contributed by atoms with Crippen molar-refractivity contribution in [1.29, 1.82) is 0 Å². The van der Waals surface area contributed by atoms with Crippen molar-refractivity contribution in [1.82, 2.24) is 9.88 Å². The summed E-state index contributed by atoms with van der Waals surface area (Å²) in [6.45, 7) is 2.69. The maximum Gasteiger partial charge on any atom is 0.269 e. The van der Waals surface area contributed by atoms with Crippen molar-refractivity contribution < 1.29 is 24.5 Å². The van der Waals surface area contributed by atoms with Crippen LogP contribution in [-0.4, -0.2) is 40.4 Å². The molecule has 3 N–H and O–H groups in total. The van der Waals surface area contributed by atoms with E-state index in [0.717, 1.165) is 35.5 Å². The van der Waals surface area contributed by atoms with E-state index in [1.165, 1.54) is 10.6 Å². The summed E-state index contributed by atoms with van der Waals surface area (Å²) in [6.07, 6.45) is 3.39. The lowest BCUT2D eigenvalue weighted by Crippen LogP contribution is -2.45. The van der Waals surface area contributed by atoms with Crippen molar-refractivity contribution in [2.75, 3.05) is 19.7 Å². The standard InChI is InChI=1S/C26H24N2O5/c29-20-9-22(30)25(24(10-20)33-15-17-5-2-1-3-6-17)26(31)28-13-19-7-4-8-23(21(19)14-28)32-16-18-11-27-12-18/h1-10,13-14,18,27,29-30H,11-12,15-16H2. The Bertz CT molecular complexity index is 1300. The van der Waals surface area contributed by atoms with Gasteiger partial charge in [0.25, 0.3) is 5.91 Å². The van der Waals surface area contributed by atoms with Crippen molar-refractivity contribution in [2.24, 2.45) is 5.92 Å². The third-order valence-corrected chi connectivity index (χ3v) is 5.74. The van der Waals surface area contributed by atoms with Crippen molar-refractivity contribution >= 4 is 16.7 Å². The second-order valence-corrected chi connectivity index (χ2v) is 8.18. The predicted octanol–water partition coefficient (Wildman–Crippen LogP) is 3.92. The third kappa shape index (κ3) is 4.36. The molecule has 2 heterocycles. The van der Waals surface area contributed by atoms with Crippen molar-refractivity contribution in [3.05, 3.63) is 84.2 Å². The van der Waals surface area contributed by atoms with Gasteiger partial charge in [0.1, 0.15) is 35.2 Å². The van der Waals surface area contributed by atoms with E-state index in [0.29, 0.717) is 18.3 Å². The molecular weight excluding hydrogens is 420 g/mol. The van der Waals surface area contributed by atoms with Gasteiger partial charge in [-0.05, 0) is 11.6 Å². The maximum absolute atomic E-state index is 13.4. The maximum atomic E-state index is 13.4. The summed E-state index contributed by atoms with van der Waals surface area (Å²) in [4.78, 5) is 13.4. The molecule has 7 nitrogen and oxygen atoms in total. The topological polar surface area (TPSA) is 93.0 Å². The number of carbonyl (C=O) groups is 1. The number of hydrogen-bond donors (Lipinski definition) is 3. The van der Waals surface area contributed by atoms with E-state index in [2.05, 4.69) is 5.32 Å². The second kappa shape index (κ2) is 8.88. The van der Waals surface area contributed by atoms with Crippen LogP contribution in [0.25, 0.3) is 10.8 Å². The fourth-order valence-electron chi connectivity index (χ4n) is 3.83. The summed E-state index contributed by atoms with van der Waals surface area (Å²) in [5.74, 6) is 0.290. The molecule has 1 fully saturated rings. The monoisotopic (exact) mass is 444 g/mol. The molecule has 1 aliphatic heterocycles. The Labute approximate surface area is 190 Å². The molecule has 7 heteroatoms. The van der Waals surface area contributed by atoms with E-state index in [1.807, 2.05) is 48.5 Å². The Balaban J connectivity index is 1.44. The van der Waals surface area contributed by atoms with Crippen molar-refractivity contribution in [3.63, 3.8) is 0 Å². The molecule has 5 rings (SSSR count). The minimum Gasteiger partial charge on any atom is -0.508 e. The molecule has 1 aromatic heterocycles. The molecule has 0 unspecified atom stereocenters. The summed E-state index contributed by atoms with van der Waals surface area (Å²) >= 11 is 0. The lowest BCUT2D eigenvalue weighted by Gasteiger charge is -2.26. The minimum atomic E-state index is -0.471. The Kier molecular flexibility index (Phi) is 5.62. The van der Waals surface area contributed by atoms with Gasteiger partial charge in [-0.1, -0.05) is 42.5 Å². The SMILES string of the molecule is O=C(c1c(O)cc(O)cc1OCc1ccccc1)n1cc2cccc(OCC3CNC3)c2c1. The van der Waals surface area contributed by atoms with Crippen LogP contribution in [0.15, 0.2) is 73.1 Å². The van der Waals surface area contributed by atoms with Crippen molar-refractivity contribution in [3.8, 4) is 23.0 Å². The van der Waals surface area contributed by atoms with E-state index in [-0.39, 0.29) is 29.4 Å². The summed E-state index contributed by atoms with van der Waals surface area (Å²) in [5.41, 5.74) is 0.876. The van der Waals surface area contributed by atoms with Crippen LogP contribution >= 0.6 is 0 Å². The van der Waals surface area contributed by atoms with Crippen LogP contribution in [0.3, 0.4) is 0 Å². The van der Waals surface area contributed by atoms with E-state index >= 15 is 0 Å². The van der Waals surface area contributed by atoms with E-state index in [4.69, 9.17) is 9.47 Å². The molecule has 0 amide bonds. The number of hydrogen-bond acceptors (Lipinski definition) is 6. The second-order valence-electron chi connectivity index (χ2n) is 8.18. The van der Waals surface area contributed by atoms with Gasteiger partial charge in [-0.2, -0.15) is 0 Å². The highest BCUT2D eigenvalue weighted by Gasteiger charge is 2.23. The molecule has 0 radical (unpaired) electrons. The summed E-state index contributed by atoms with van der Waals surface area (Å²) in [5, 5.41) is 25.4. The molecule has 1 aliphatic rings.